The van der Waals surface area contributed by atoms with Gasteiger partial charge >= 0.3 is 6.09 Å². The Balaban J connectivity index is 1.47. The molecule has 0 atom stereocenters. The van der Waals surface area contributed by atoms with Crippen LogP contribution in [0.15, 0.2) is 47.1 Å². The van der Waals surface area contributed by atoms with Crippen molar-refractivity contribution in [1.29, 1.82) is 0 Å². The Kier molecular flexibility index (Phi) is 8.54. The smallest absolute Gasteiger partial charge is 0.410 e. The molecule has 1 N–H and O–H groups in total. The number of anilines is 2. The highest BCUT2D eigenvalue weighted by molar-refractivity contribution is 9.10. The topological polar surface area (TPSA) is 73.8 Å². The molecular weight excluding hydrogens is 532 g/mol. The van der Waals surface area contributed by atoms with Gasteiger partial charge in [0.25, 0.3) is 0 Å². The lowest BCUT2D eigenvalue weighted by molar-refractivity contribution is 0.0240. The Morgan fingerprint density at radius 3 is 2.51 bits per heavy atom. The minimum absolute atomic E-state index is 0.254. The molecule has 1 fully saturated rings. The van der Waals surface area contributed by atoms with Crippen LogP contribution in [0.4, 0.5) is 16.3 Å². The number of carbonyl (C=O) groups excluding carboxylic acids is 1. The van der Waals surface area contributed by atoms with E-state index in [0.29, 0.717) is 13.1 Å². The van der Waals surface area contributed by atoms with Crippen LogP contribution in [0.3, 0.4) is 0 Å². The molecule has 3 heterocycles. The lowest BCUT2D eigenvalue weighted by Gasteiger charge is -2.36. The van der Waals surface area contributed by atoms with Crippen molar-refractivity contribution < 1.29 is 9.53 Å². The summed E-state index contributed by atoms with van der Waals surface area (Å²) in [5, 5.41) is 4.71. The van der Waals surface area contributed by atoms with Crippen LogP contribution in [0.2, 0.25) is 0 Å². The van der Waals surface area contributed by atoms with Crippen LogP contribution < -0.4 is 10.2 Å². The average molecular weight is 570 g/mol. The van der Waals surface area contributed by atoms with E-state index >= 15 is 0 Å². The molecule has 0 spiro atoms. The van der Waals surface area contributed by atoms with E-state index in [4.69, 9.17) is 14.7 Å². The van der Waals surface area contributed by atoms with Crippen molar-refractivity contribution in [1.82, 2.24) is 19.8 Å². The van der Waals surface area contributed by atoms with Crippen LogP contribution in [0.1, 0.15) is 27.2 Å². The summed E-state index contributed by atoms with van der Waals surface area (Å²) in [5.74, 6) is 0.902. The highest BCUT2D eigenvalue weighted by Gasteiger charge is 2.26. The van der Waals surface area contributed by atoms with Crippen LogP contribution in [-0.4, -0.2) is 84.8 Å². The van der Waals surface area contributed by atoms with Crippen LogP contribution in [0, 0.1) is 0 Å². The highest BCUT2D eigenvalue weighted by atomic mass is 79.9. The molecule has 1 saturated heterocycles. The minimum Gasteiger partial charge on any atom is -0.444 e. The van der Waals surface area contributed by atoms with Crippen LogP contribution in [0.25, 0.3) is 22.2 Å². The molecule has 0 bridgehead atoms. The highest BCUT2D eigenvalue weighted by Crippen LogP contribution is 2.31. The molecule has 0 radical (unpaired) electrons. The van der Waals surface area contributed by atoms with Gasteiger partial charge in [-0.3, -0.25) is 0 Å². The predicted molar refractivity (Wildman–Crippen MR) is 154 cm³/mol. The van der Waals surface area contributed by atoms with Gasteiger partial charge in [-0.15, -0.1) is 0 Å². The molecular formula is C28H37BrN6O2. The van der Waals surface area contributed by atoms with E-state index in [-0.39, 0.29) is 6.09 Å². The summed E-state index contributed by atoms with van der Waals surface area (Å²) in [4.78, 5) is 28.2. The molecule has 1 aromatic carbocycles. The van der Waals surface area contributed by atoms with Crippen molar-refractivity contribution in [2.75, 3.05) is 63.6 Å². The molecule has 0 saturated carbocycles. The van der Waals surface area contributed by atoms with E-state index in [1.54, 1.807) is 4.90 Å². The summed E-state index contributed by atoms with van der Waals surface area (Å²) in [6.45, 7) is 10.2. The van der Waals surface area contributed by atoms with Crippen molar-refractivity contribution in [3.63, 3.8) is 0 Å². The third kappa shape index (κ3) is 7.32. The first kappa shape index (κ1) is 27.1. The number of piperazine rings is 1. The maximum atomic E-state index is 12.4. The monoisotopic (exact) mass is 568 g/mol. The van der Waals surface area contributed by atoms with Gasteiger partial charge in [-0.2, -0.15) is 0 Å². The van der Waals surface area contributed by atoms with Crippen molar-refractivity contribution >= 4 is 44.4 Å². The van der Waals surface area contributed by atoms with Crippen molar-refractivity contribution in [2.24, 2.45) is 0 Å². The number of hydrogen-bond acceptors (Lipinski definition) is 7. The zero-order chi connectivity index (χ0) is 26.6. The summed E-state index contributed by atoms with van der Waals surface area (Å²) < 4.78 is 6.54. The number of carbonyl (C=O) groups is 1. The maximum absolute atomic E-state index is 12.4. The van der Waals surface area contributed by atoms with E-state index < -0.39 is 5.60 Å². The normalized spacial score (nSPS) is 14.4. The molecule has 1 aliphatic rings. The Morgan fingerprint density at radius 1 is 1.11 bits per heavy atom. The number of rotatable bonds is 7. The van der Waals surface area contributed by atoms with Gasteiger partial charge < -0.3 is 24.8 Å². The van der Waals surface area contributed by atoms with E-state index in [2.05, 4.69) is 63.3 Å². The Morgan fingerprint density at radius 2 is 1.86 bits per heavy atom. The van der Waals surface area contributed by atoms with E-state index in [9.17, 15) is 4.79 Å². The fourth-order valence-corrected chi connectivity index (χ4v) is 4.64. The Hall–Kier alpha value is -2.91. The molecule has 1 aliphatic heterocycles. The van der Waals surface area contributed by atoms with Crippen LogP contribution in [0.5, 0.6) is 0 Å². The molecule has 0 unspecified atom stereocenters. The number of benzene rings is 1. The van der Waals surface area contributed by atoms with Crippen molar-refractivity contribution in [2.45, 2.75) is 32.8 Å². The second-order valence-corrected chi connectivity index (χ2v) is 11.6. The molecule has 37 heavy (non-hydrogen) atoms. The fraction of sp³-hybridized carbons (Fsp3) is 0.464. The summed E-state index contributed by atoms with van der Waals surface area (Å²) in [7, 11) is 4.18. The van der Waals surface area contributed by atoms with Crippen LogP contribution in [-0.2, 0) is 4.74 Å². The first-order valence-corrected chi connectivity index (χ1v) is 13.6. The number of hydrogen-bond donors (Lipinski definition) is 1. The summed E-state index contributed by atoms with van der Waals surface area (Å²) in [6.07, 6.45) is 2.69. The first-order valence-electron chi connectivity index (χ1n) is 12.8. The lowest BCUT2D eigenvalue weighted by atomic mass is 10.1. The zero-order valence-corrected chi connectivity index (χ0v) is 24.0. The number of aromatic nitrogens is 2. The SMILES string of the molecule is CN(C)CCCNc1cc(-c2ccc(N3CCN(C(=O)OC(C)(C)C)CC3)nc2)nc2ccc(Br)cc12. The molecule has 4 rings (SSSR count). The summed E-state index contributed by atoms with van der Waals surface area (Å²) in [6, 6.07) is 12.4. The minimum atomic E-state index is -0.486. The van der Waals surface area contributed by atoms with E-state index in [1.807, 2.05) is 45.2 Å². The maximum Gasteiger partial charge on any atom is 0.410 e. The number of fused-ring (bicyclic) bond motifs is 1. The molecule has 8 nitrogen and oxygen atoms in total. The van der Waals surface area contributed by atoms with E-state index in [0.717, 1.165) is 70.7 Å². The average Bonchev–Trinajstić information content (AvgIpc) is 2.85. The number of nitrogens with zero attached hydrogens (tertiary/aromatic N) is 5. The number of amides is 1. The number of pyridine rings is 2. The predicted octanol–water partition coefficient (Wildman–Crippen LogP) is 5.48. The second kappa shape index (κ2) is 11.6. The number of nitrogens with one attached hydrogen (secondary N) is 1. The van der Waals surface area contributed by atoms with Gasteiger partial charge in [-0.05, 0) is 84.2 Å². The van der Waals surface area contributed by atoms with Gasteiger partial charge in [0.05, 0.1) is 11.2 Å². The molecule has 198 valence electrons. The second-order valence-electron chi connectivity index (χ2n) is 10.7. The van der Waals surface area contributed by atoms with Gasteiger partial charge in [0.15, 0.2) is 0 Å². The molecule has 9 heteroatoms. The molecule has 0 aliphatic carbocycles. The third-order valence-electron chi connectivity index (χ3n) is 6.17. The third-order valence-corrected chi connectivity index (χ3v) is 6.66. The van der Waals surface area contributed by atoms with Crippen molar-refractivity contribution in [3.05, 3.63) is 47.1 Å². The van der Waals surface area contributed by atoms with Gasteiger partial charge in [0.1, 0.15) is 11.4 Å². The van der Waals surface area contributed by atoms with E-state index in [1.165, 1.54) is 0 Å². The summed E-state index contributed by atoms with van der Waals surface area (Å²) in [5.41, 5.74) is 3.39. The molecule has 3 aromatic rings. The molecule has 1 amide bonds. The van der Waals surface area contributed by atoms with Gasteiger partial charge in [-0.1, -0.05) is 15.9 Å². The van der Waals surface area contributed by atoms with Gasteiger partial charge in [-0.25, -0.2) is 14.8 Å². The van der Waals surface area contributed by atoms with Gasteiger partial charge in [0.2, 0.25) is 0 Å². The fourth-order valence-electron chi connectivity index (χ4n) is 4.28. The number of halogens is 1. The first-order chi connectivity index (χ1) is 17.6. The lowest BCUT2D eigenvalue weighted by Crippen LogP contribution is -2.50. The Labute approximate surface area is 228 Å². The van der Waals surface area contributed by atoms with Crippen LogP contribution >= 0.6 is 15.9 Å². The largest absolute Gasteiger partial charge is 0.444 e. The summed E-state index contributed by atoms with van der Waals surface area (Å²) >= 11 is 3.60. The molecule has 2 aromatic heterocycles. The van der Waals surface area contributed by atoms with Crippen molar-refractivity contribution in [3.8, 4) is 11.3 Å². The van der Waals surface area contributed by atoms with Gasteiger partial charge in [0, 0.05) is 60.0 Å². The number of ether oxygens (including phenoxy) is 1. The Bertz CT molecular complexity index is 1220. The zero-order valence-electron chi connectivity index (χ0n) is 22.4. The standard InChI is InChI=1S/C28H37BrN6O2/c1-28(2,3)37-27(36)35-15-13-34(14-16-35)26-10-7-20(19-31-26)24-18-25(30-11-6-12-33(4)5)22-17-21(29)8-9-23(22)32-24/h7-10,17-19H,6,11-16H2,1-5H3,(H,30,32). The quantitative estimate of drug-likeness (QED) is 0.378.